The Morgan fingerprint density at radius 3 is 2.86 bits per heavy atom. The molecule has 3 aromatic rings. The van der Waals surface area contributed by atoms with Crippen molar-refractivity contribution in [1.82, 2.24) is 15.4 Å². The van der Waals surface area contributed by atoms with Gasteiger partial charge in [0, 0.05) is 0 Å². The summed E-state index contributed by atoms with van der Waals surface area (Å²) >= 11 is 7.62. The van der Waals surface area contributed by atoms with Crippen molar-refractivity contribution in [1.29, 1.82) is 0 Å². The number of amides is 1. The van der Waals surface area contributed by atoms with Crippen molar-refractivity contribution in [3.63, 3.8) is 0 Å². The fourth-order valence-electron chi connectivity index (χ4n) is 2.31. The molecular weight excluding hydrogens is 400 g/mol. The van der Waals surface area contributed by atoms with Crippen LogP contribution in [0.25, 0.3) is 10.6 Å². The van der Waals surface area contributed by atoms with Crippen LogP contribution >= 0.6 is 22.9 Å². The number of benzene rings is 1. The van der Waals surface area contributed by atoms with Gasteiger partial charge in [0.05, 0.1) is 27.9 Å². The third-order valence-electron chi connectivity index (χ3n) is 3.46. The molecule has 0 bridgehead atoms. The molecule has 0 aliphatic carbocycles. The Morgan fingerprint density at radius 1 is 1.36 bits per heavy atom. The summed E-state index contributed by atoms with van der Waals surface area (Å²) in [6.45, 7) is 3.82. The lowest BCUT2D eigenvalue weighted by atomic mass is 10.2. The van der Waals surface area contributed by atoms with E-state index in [-0.39, 0.29) is 11.8 Å². The summed E-state index contributed by atoms with van der Waals surface area (Å²) in [6.07, 6.45) is 1.45. The molecule has 0 aliphatic heterocycles. The second-order valence-electron chi connectivity index (χ2n) is 6.02. The van der Waals surface area contributed by atoms with Crippen LogP contribution in [0.1, 0.15) is 29.9 Å². The number of nitrogens with zero attached hydrogens (tertiary/aromatic N) is 2. The molecule has 0 aliphatic rings. The average molecular weight is 417 g/mol. The van der Waals surface area contributed by atoms with Crippen LogP contribution in [-0.4, -0.2) is 28.2 Å². The highest BCUT2D eigenvalue weighted by Crippen LogP contribution is 2.26. The van der Waals surface area contributed by atoms with Crippen molar-refractivity contribution >= 4 is 35.1 Å². The van der Waals surface area contributed by atoms with Crippen LogP contribution in [0.5, 0.6) is 5.75 Å². The van der Waals surface area contributed by atoms with Gasteiger partial charge in [0.15, 0.2) is 0 Å². The second kappa shape index (κ2) is 8.81. The van der Waals surface area contributed by atoms with Gasteiger partial charge in [0.2, 0.25) is 0 Å². The van der Waals surface area contributed by atoms with Crippen LogP contribution in [0.15, 0.2) is 51.7 Å². The van der Waals surface area contributed by atoms with Crippen LogP contribution in [0.2, 0.25) is 5.02 Å². The first kappa shape index (κ1) is 19.8. The van der Waals surface area contributed by atoms with E-state index in [0.29, 0.717) is 22.0 Å². The maximum absolute atomic E-state index is 12.3. The van der Waals surface area contributed by atoms with Gasteiger partial charge in [-0.3, -0.25) is 4.79 Å². The molecule has 0 unspecified atom stereocenters. The van der Waals surface area contributed by atoms with E-state index < -0.39 is 11.6 Å². The van der Waals surface area contributed by atoms with Crippen molar-refractivity contribution in [2.24, 2.45) is 5.10 Å². The number of ether oxygens (including phenoxy) is 1. The topological polar surface area (TPSA) is 96.4 Å². The van der Waals surface area contributed by atoms with Crippen LogP contribution < -0.4 is 15.9 Å². The molecular formula is C19H17ClN4O3S. The number of halogens is 1. The maximum Gasteiger partial charge on any atom is 0.346 e. The molecule has 0 spiro atoms. The number of nitrogens with one attached hydrogen (secondary N) is 2. The Hall–Kier alpha value is -2.97. The minimum absolute atomic E-state index is 0.0110. The number of rotatable bonds is 6. The van der Waals surface area contributed by atoms with Gasteiger partial charge in [0.1, 0.15) is 11.4 Å². The highest BCUT2D eigenvalue weighted by molar-refractivity contribution is 7.13. The zero-order chi connectivity index (χ0) is 20.1. The number of hydrogen-bond donors (Lipinski definition) is 2. The van der Waals surface area contributed by atoms with E-state index in [1.54, 1.807) is 18.2 Å². The standard InChI is InChI=1S/C19H17ClN4O3S/c1-11(2)27-16-6-5-12(8-13(16)20)10-21-24-18(25)15-9-14(22-19(26)23-15)17-4-3-7-28-17/h3-11H,1-2H3,(H,24,25)(H,22,23,26)/b21-10+. The molecule has 144 valence electrons. The number of hydrogen-bond acceptors (Lipinski definition) is 6. The van der Waals surface area contributed by atoms with Gasteiger partial charge in [0.25, 0.3) is 5.91 Å². The molecule has 7 nitrogen and oxygen atoms in total. The number of aromatic nitrogens is 2. The van der Waals surface area contributed by atoms with Crippen molar-refractivity contribution in [3.05, 3.63) is 68.5 Å². The first-order valence-electron chi connectivity index (χ1n) is 8.37. The van der Waals surface area contributed by atoms with E-state index in [1.165, 1.54) is 23.6 Å². The van der Waals surface area contributed by atoms with Crippen molar-refractivity contribution in [2.45, 2.75) is 20.0 Å². The minimum atomic E-state index is -0.604. The van der Waals surface area contributed by atoms with E-state index in [2.05, 4.69) is 20.5 Å². The number of H-pyrrole nitrogens is 1. The fraction of sp³-hybridized carbons (Fsp3) is 0.158. The lowest BCUT2D eigenvalue weighted by Crippen LogP contribution is -2.24. The smallest absolute Gasteiger partial charge is 0.346 e. The Labute approximate surface area is 170 Å². The number of hydrazone groups is 1. The predicted octanol–water partition coefficient (Wildman–Crippen LogP) is 3.70. The monoisotopic (exact) mass is 416 g/mol. The number of thiophene rings is 1. The number of aromatic amines is 1. The van der Waals surface area contributed by atoms with Crippen LogP contribution in [0.4, 0.5) is 0 Å². The van der Waals surface area contributed by atoms with E-state index >= 15 is 0 Å². The molecule has 0 fully saturated rings. The van der Waals surface area contributed by atoms with E-state index in [0.717, 1.165) is 4.88 Å². The Morgan fingerprint density at radius 2 is 2.18 bits per heavy atom. The van der Waals surface area contributed by atoms with Gasteiger partial charge in [-0.15, -0.1) is 11.3 Å². The first-order valence-corrected chi connectivity index (χ1v) is 9.63. The van der Waals surface area contributed by atoms with Gasteiger partial charge in [-0.1, -0.05) is 17.7 Å². The molecule has 2 N–H and O–H groups in total. The Kier molecular flexibility index (Phi) is 6.23. The summed E-state index contributed by atoms with van der Waals surface area (Å²) in [4.78, 5) is 31.1. The number of carbonyl (C=O) groups is 1. The van der Waals surface area contributed by atoms with Gasteiger partial charge < -0.3 is 9.72 Å². The zero-order valence-corrected chi connectivity index (χ0v) is 16.7. The Balaban J connectivity index is 1.70. The van der Waals surface area contributed by atoms with Crippen molar-refractivity contribution < 1.29 is 9.53 Å². The number of carbonyl (C=O) groups excluding carboxylic acids is 1. The summed E-state index contributed by atoms with van der Waals surface area (Å²) in [5.41, 5.74) is 2.93. The zero-order valence-electron chi connectivity index (χ0n) is 15.1. The minimum Gasteiger partial charge on any atom is -0.489 e. The van der Waals surface area contributed by atoms with Gasteiger partial charge in [-0.25, -0.2) is 10.2 Å². The molecule has 9 heteroatoms. The van der Waals surface area contributed by atoms with E-state index in [1.807, 2.05) is 31.4 Å². The van der Waals surface area contributed by atoms with Gasteiger partial charge in [-0.2, -0.15) is 10.1 Å². The van der Waals surface area contributed by atoms with Crippen molar-refractivity contribution in [3.8, 4) is 16.3 Å². The Bertz CT molecular complexity index is 1060. The molecule has 28 heavy (non-hydrogen) atoms. The normalized spacial score (nSPS) is 11.1. The quantitative estimate of drug-likeness (QED) is 0.473. The summed E-state index contributed by atoms with van der Waals surface area (Å²) < 4.78 is 5.57. The highest BCUT2D eigenvalue weighted by Gasteiger charge is 2.11. The molecule has 1 amide bonds. The summed E-state index contributed by atoms with van der Waals surface area (Å²) in [6, 6.07) is 10.4. The molecule has 3 rings (SSSR count). The van der Waals surface area contributed by atoms with Crippen LogP contribution in [-0.2, 0) is 0 Å². The third kappa shape index (κ3) is 5.05. The molecule has 1 aromatic carbocycles. The van der Waals surface area contributed by atoms with Crippen LogP contribution in [0, 0.1) is 0 Å². The second-order valence-corrected chi connectivity index (χ2v) is 7.37. The molecule has 0 radical (unpaired) electrons. The van der Waals surface area contributed by atoms with E-state index in [4.69, 9.17) is 16.3 Å². The lowest BCUT2D eigenvalue weighted by molar-refractivity contribution is 0.0949. The molecule has 0 saturated carbocycles. The van der Waals surface area contributed by atoms with E-state index in [9.17, 15) is 9.59 Å². The van der Waals surface area contributed by atoms with Gasteiger partial charge >= 0.3 is 5.69 Å². The summed E-state index contributed by atoms with van der Waals surface area (Å²) in [7, 11) is 0. The first-order chi connectivity index (χ1) is 13.4. The molecule has 0 saturated heterocycles. The lowest BCUT2D eigenvalue weighted by Gasteiger charge is -2.11. The summed E-state index contributed by atoms with van der Waals surface area (Å²) in [5, 5.41) is 6.22. The van der Waals surface area contributed by atoms with Crippen LogP contribution in [0.3, 0.4) is 0 Å². The molecule has 0 atom stereocenters. The SMILES string of the molecule is CC(C)Oc1ccc(/C=N/NC(=O)c2cc(-c3cccs3)[nH]c(=O)n2)cc1Cl. The van der Waals surface area contributed by atoms with Gasteiger partial charge in [-0.05, 0) is 55.1 Å². The molecule has 2 heterocycles. The average Bonchev–Trinajstić information content (AvgIpc) is 3.18. The maximum atomic E-state index is 12.3. The molecule has 2 aromatic heterocycles. The summed E-state index contributed by atoms with van der Waals surface area (Å²) in [5.74, 6) is -0.0160. The highest BCUT2D eigenvalue weighted by atomic mass is 35.5. The fourth-order valence-corrected chi connectivity index (χ4v) is 3.24. The third-order valence-corrected chi connectivity index (χ3v) is 4.66. The van der Waals surface area contributed by atoms with Crippen molar-refractivity contribution in [2.75, 3.05) is 0 Å². The largest absolute Gasteiger partial charge is 0.489 e. The predicted molar refractivity (Wildman–Crippen MR) is 110 cm³/mol.